The molecule has 13 heavy (non-hydrogen) atoms. The van der Waals surface area contributed by atoms with Crippen LogP contribution in [0.1, 0.15) is 36.2 Å². The van der Waals surface area contributed by atoms with Gasteiger partial charge in [0.25, 0.3) is 0 Å². The number of terminal acetylenes is 1. The summed E-state index contributed by atoms with van der Waals surface area (Å²) in [6.07, 6.45) is 11.4. The van der Waals surface area contributed by atoms with Crippen molar-refractivity contribution >= 4 is 0 Å². The van der Waals surface area contributed by atoms with Gasteiger partial charge in [-0.2, -0.15) is 5.10 Å². The zero-order chi connectivity index (χ0) is 8.89. The molecule has 1 heterocycles. The van der Waals surface area contributed by atoms with E-state index < -0.39 is 0 Å². The van der Waals surface area contributed by atoms with Crippen LogP contribution in [0.4, 0.5) is 0 Å². The van der Waals surface area contributed by atoms with Crippen molar-refractivity contribution in [2.45, 2.75) is 37.5 Å². The fourth-order valence-electron chi connectivity index (χ4n) is 2.29. The molecule has 0 aliphatic heterocycles. The Hall–Kier alpha value is -1.23. The molecule has 0 spiro atoms. The molecule has 0 unspecified atom stereocenters. The summed E-state index contributed by atoms with van der Waals surface area (Å²) in [5, 5.41) is 7.50. The lowest BCUT2D eigenvalue weighted by Gasteiger charge is -2.04. The van der Waals surface area contributed by atoms with Crippen LogP contribution in [0, 0.1) is 12.3 Å². The Morgan fingerprint density at radius 3 is 2.92 bits per heavy atom. The lowest BCUT2D eigenvalue weighted by molar-refractivity contribution is 0.794. The van der Waals surface area contributed by atoms with Gasteiger partial charge in [0.05, 0.1) is 11.1 Å². The molecule has 1 fully saturated rings. The van der Waals surface area contributed by atoms with Gasteiger partial charge in [-0.05, 0) is 37.7 Å². The summed E-state index contributed by atoms with van der Waals surface area (Å²) in [5.41, 5.74) is 3.96. The minimum atomic E-state index is 0.0222. The van der Waals surface area contributed by atoms with E-state index in [2.05, 4.69) is 16.1 Å². The van der Waals surface area contributed by atoms with Crippen LogP contribution in [0.5, 0.6) is 0 Å². The molecular formula is C11H12N2. The molecule has 66 valence electrons. The number of aromatic amines is 1. The standard InChI is InChI=1S/C11H12N2/c1-2-11(6-7-11)10-8-4-3-5-9(8)12-13-10/h1H,3-7H2,(H,12,13). The van der Waals surface area contributed by atoms with Crippen molar-refractivity contribution in [2.75, 3.05) is 0 Å². The number of rotatable bonds is 1. The summed E-state index contributed by atoms with van der Waals surface area (Å²) in [7, 11) is 0. The quantitative estimate of drug-likeness (QED) is 0.640. The van der Waals surface area contributed by atoms with E-state index in [0.29, 0.717) is 0 Å². The molecule has 1 aromatic rings. The molecule has 1 saturated carbocycles. The van der Waals surface area contributed by atoms with Crippen molar-refractivity contribution < 1.29 is 0 Å². The zero-order valence-corrected chi connectivity index (χ0v) is 7.56. The van der Waals surface area contributed by atoms with E-state index in [1.54, 1.807) is 0 Å². The van der Waals surface area contributed by atoms with E-state index in [1.807, 2.05) is 0 Å². The maximum atomic E-state index is 5.55. The average molecular weight is 172 g/mol. The molecule has 2 nitrogen and oxygen atoms in total. The van der Waals surface area contributed by atoms with Crippen molar-refractivity contribution in [2.24, 2.45) is 0 Å². The molecule has 0 atom stereocenters. The summed E-state index contributed by atoms with van der Waals surface area (Å²) < 4.78 is 0. The monoisotopic (exact) mass is 172 g/mol. The third kappa shape index (κ3) is 0.821. The largest absolute Gasteiger partial charge is 0.282 e. The van der Waals surface area contributed by atoms with Crippen LogP contribution >= 0.6 is 0 Å². The van der Waals surface area contributed by atoms with Crippen LogP contribution in [0.3, 0.4) is 0 Å². The minimum absolute atomic E-state index is 0.0222. The molecule has 0 bridgehead atoms. The van der Waals surface area contributed by atoms with Gasteiger partial charge in [0, 0.05) is 5.69 Å². The number of nitrogens with one attached hydrogen (secondary N) is 1. The second-order valence-corrected chi connectivity index (χ2v) is 4.11. The predicted octanol–water partition coefficient (Wildman–Crippen LogP) is 1.56. The van der Waals surface area contributed by atoms with Crippen molar-refractivity contribution in [3.05, 3.63) is 17.0 Å². The van der Waals surface area contributed by atoms with Gasteiger partial charge in [-0.3, -0.25) is 5.10 Å². The van der Waals surface area contributed by atoms with E-state index >= 15 is 0 Å². The number of aryl methyl sites for hydroxylation is 1. The van der Waals surface area contributed by atoms with Gasteiger partial charge >= 0.3 is 0 Å². The molecular weight excluding hydrogens is 160 g/mol. The number of hydrogen-bond donors (Lipinski definition) is 1. The first-order valence-electron chi connectivity index (χ1n) is 4.90. The van der Waals surface area contributed by atoms with E-state index in [-0.39, 0.29) is 5.41 Å². The van der Waals surface area contributed by atoms with E-state index in [1.165, 1.54) is 29.8 Å². The predicted molar refractivity (Wildman–Crippen MR) is 50.4 cm³/mol. The highest BCUT2D eigenvalue weighted by molar-refractivity contribution is 5.44. The lowest BCUT2D eigenvalue weighted by atomic mass is 9.99. The highest BCUT2D eigenvalue weighted by Crippen LogP contribution is 2.49. The Balaban J connectivity index is 2.12. The Kier molecular flexibility index (Phi) is 1.20. The summed E-state index contributed by atoms with van der Waals surface area (Å²) in [6, 6.07) is 0. The van der Waals surface area contributed by atoms with E-state index in [0.717, 1.165) is 19.3 Å². The Labute approximate surface area is 77.7 Å². The molecule has 2 aliphatic rings. The van der Waals surface area contributed by atoms with Crippen molar-refractivity contribution in [1.82, 2.24) is 10.2 Å². The van der Waals surface area contributed by atoms with Gasteiger partial charge in [-0.15, -0.1) is 6.42 Å². The maximum Gasteiger partial charge on any atom is 0.0837 e. The smallest absolute Gasteiger partial charge is 0.0837 e. The van der Waals surface area contributed by atoms with Crippen LogP contribution in [-0.2, 0) is 18.3 Å². The molecule has 1 N–H and O–H groups in total. The number of fused-ring (bicyclic) bond motifs is 1. The van der Waals surface area contributed by atoms with Gasteiger partial charge in [0.2, 0.25) is 0 Å². The topological polar surface area (TPSA) is 28.7 Å². The number of H-pyrrole nitrogens is 1. The molecule has 1 aromatic heterocycles. The van der Waals surface area contributed by atoms with Crippen molar-refractivity contribution in [1.29, 1.82) is 0 Å². The first kappa shape index (κ1) is 7.20. The third-order valence-corrected chi connectivity index (χ3v) is 3.29. The number of hydrogen-bond acceptors (Lipinski definition) is 1. The summed E-state index contributed by atoms with van der Waals surface area (Å²) in [5.74, 6) is 2.90. The highest BCUT2D eigenvalue weighted by atomic mass is 15.1. The minimum Gasteiger partial charge on any atom is -0.282 e. The average Bonchev–Trinajstić information content (AvgIpc) is 2.62. The van der Waals surface area contributed by atoms with Gasteiger partial charge in [0.15, 0.2) is 0 Å². The first-order valence-corrected chi connectivity index (χ1v) is 4.90. The lowest BCUT2D eigenvalue weighted by Crippen LogP contribution is -2.06. The van der Waals surface area contributed by atoms with Crippen LogP contribution in [0.15, 0.2) is 0 Å². The molecule has 0 saturated heterocycles. The van der Waals surface area contributed by atoms with Crippen LogP contribution in [0.25, 0.3) is 0 Å². The molecule has 2 aliphatic carbocycles. The molecule has 2 heteroatoms. The maximum absolute atomic E-state index is 5.55. The number of nitrogens with zero attached hydrogens (tertiary/aromatic N) is 1. The van der Waals surface area contributed by atoms with Gasteiger partial charge in [-0.25, -0.2) is 0 Å². The fraction of sp³-hybridized carbons (Fsp3) is 0.545. The van der Waals surface area contributed by atoms with Gasteiger partial charge in [0.1, 0.15) is 0 Å². The summed E-state index contributed by atoms with van der Waals surface area (Å²) in [6.45, 7) is 0. The van der Waals surface area contributed by atoms with Crippen LogP contribution in [0.2, 0.25) is 0 Å². The van der Waals surface area contributed by atoms with Crippen LogP contribution in [-0.4, -0.2) is 10.2 Å². The molecule has 3 rings (SSSR count). The molecule has 0 radical (unpaired) electrons. The highest BCUT2D eigenvalue weighted by Gasteiger charge is 2.47. The zero-order valence-electron chi connectivity index (χ0n) is 7.56. The third-order valence-electron chi connectivity index (χ3n) is 3.29. The first-order chi connectivity index (χ1) is 6.36. The van der Waals surface area contributed by atoms with Gasteiger partial charge in [-0.1, -0.05) is 5.92 Å². The summed E-state index contributed by atoms with van der Waals surface area (Å²) >= 11 is 0. The van der Waals surface area contributed by atoms with Crippen molar-refractivity contribution in [3.63, 3.8) is 0 Å². The van der Waals surface area contributed by atoms with Gasteiger partial charge < -0.3 is 0 Å². The van der Waals surface area contributed by atoms with Crippen LogP contribution < -0.4 is 0 Å². The Morgan fingerprint density at radius 2 is 2.23 bits per heavy atom. The second-order valence-electron chi connectivity index (χ2n) is 4.11. The SMILES string of the molecule is C#CC1(c2n[nH]c3c2CCC3)CC1. The van der Waals surface area contributed by atoms with E-state index in [4.69, 9.17) is 6.42 Å². The Morgan fingerprint density at radius 1 is 1.38 bits per heavy atom. The van der Waals surface area contributed by atoms with Crippen molar-refractivity contribution in [3.8, 4) is 12.3 Å². The molecule has 0 amide bonds. The van der Waals surface area contributed by atoms with E-state index in [9.17, 15) is 0 Å². The normalized spacial score (nSPS) is 22.4. The fourth-order valence-corrected chi connectivity index (χ4v) is 2.29. The summed E-state index contributed by atoms with van der Waals surface area (Å²) in [4.78, 5) is 0. The molecule has 0 aromatic carbocycles. The Bertz CT molecular complexity index is 391. The second kappa shape index (κ2) is 2.17. The number of aromatic nitrogens is 2.